The number of aromatic nitrogens is 2. The normalized spacial score (nSPS) is 10.3. The van der Waals surface area contributed by atoms with Crippen molar-refractivity contribution in [1.29, 1.82) is 5.26 Å². The number of benzene rings is 1. The molecule has 4 nitrogen and oxygen atoms in total. The van der Waals surface area contributed by atoms with Gasteiger partial charge in [0.2, 0.25) is 0 Å². The minimum atomic E-state index is 0.415. The molecule has 1 heterocycles. The standard InChI is InChI=1S/C13H13ClN4/c1-18-13(16)11(8-15)12(17-18)6-5-9-3-2-4-10(14)7-9/h2-4,7H,5-6,16H2,1H3. The Morgan fingerprint density at radius 2 is 2.22 bits per heavy atom. The molecule has 0 fully saturated rings. The second kappa shape index (κ2) is 5.11. The van der Waals surface area contributed by atoms with Crippen LogP contribution in [0.4, 0.5) is 5.82 Å². The van der Waals surface area contributed by atoms with Gasteiger partial charge in [0, 0.05) is 12.1 Å². The fourth-order valence-corrected chi connectivity index (χ4v) is 2.06. The van der Waals surface area contributed by atoms with Crippen LogP contribution in [0.5, 0.6) is 0 Å². The number of rotatable bonds is 3. The Hall–Kier alpha value is -1.99. The van der Waals surface area contributed by atoms with Gasteiger partial charge in [-0.1, -0.05) is 23.7 Å². The highest BCUT2D eigenvalue weighted by Gasteiger charge is 2.12. The maximum Gasteiger partial charge on any atom is 0.139 e. The molecule has 2 aromatic rings. The highest BCUT2D eigenvalue weighted by molar-refractivity contribution is 6.30. The van der Waals surface area contributed by atoms with E-state index in [0.29, 0.717) is 22.8 Å². The van der Waals surface area contributed by atoms with Crippen LogP contribution in [0, 0.1) is 11.3 Å². The molecule has 0 saturated heterocycles. The average molecular weight is 261 g/mol. The van der Waals surface area contributed by atoms with Gasteiger partial charge in [-0.25, -0.2) is 0 Å². The van der Waals surface area contributed by atoms with Gasteiger partial charge in [0.25, 0.3) is 0 Å². The Kier molecular flexibility index (Phi) is 3.54. The fourth-order valence-electron chi connectivity index (χ4n) is 1.85. The van der Waals surface area contributed by atoms with Crippen molar-refractivity contribution in [2.45, 2.75) is 12.8 Å². The summed E-state index contributed by atoms with van der Waals surface area (Å²) in [5.41, 5.74) is 8.09. The highest BCUT2D eigenvalue weighted by Crippen LogP contribution is 2.18. The minimum absolute atomic E-state index is 0.415. The predicted octanol–water partition coefficient (Wildman–Crippen LogP) is 2.31. The predicted molar refractivity (Wildman–Crippen MR) is 71.2 cm³/mol. The van der Waals surface area contributed by atoms with E-state index in [0.717, 1.165) is 17.7 Å². The van der Waals surface area contributed by atoms with Crippen molar-refractivity contribution in [3.8, 4) is 6.07 Å². The molecule has 5 heteroatoms. The van der Waals surface area contributed by atoms with Crippen LogP contribution in [0.2, 0.25) is 5.02 Å². The van der Waals surface area contributed by atoms with E-state index in [1.54, 1.807) is 7.05 Å². The molecular formula is C13H13ClN4. The summed E-state index contributed by atoms with van der Waals surface area (Å²) in [7, 11) is 1.74. The maximum absolute atomic E-state index is 9.05. The fraction of sp³-hybridized carbons (Fsp3) is 0.231. The number of nitriles is 1. The lowest BCUT2D eigenvalue weighted by atomic mass is 10.1. The van der Waals surface area contributed by atoms with Crippen LogP contribution < -0.4 is 5.73 Å². The molecule has 0 aliphatic carbocycles. The first-order chi connectivity index (χ1) is 8.61. The lowest BCUT2D eigenvalue weighted by Crippen LogP contribution is -1.98. The highest BCUT2D eigenvalue weighted by atomic mass is 35.5. The van der Waals surface area contributed by atoms with Gasteiger partial charge in [-0.2, -0.15) is 10.4 Å². The van der Waals surface area contributed by atoms with Gasteiger partial charge in [0.1, 0.15) is 17.5 Å². The van der Waals surface area contributed by atoms with Gasteiger partial charge in [0.15, 0.2) is 0 Å². The summed E-state index contributed by atoms with van der Waals surface area (Å²) >= 11 is 5.92. The van der Waals surface area contributed by atoms with Gasteiger partial charge < -0.3 is 5.73 Å². The van der Waals surface area contributed by atoms with Gasteiger partial charge in [-0.15, -0.1) is 0 Å². The van der Waals surface area contributed by atoms with Gasteiger partial charge in [-0.05, 0) is 30.5 Å². The number of nitrogens with two attached hydrogens (primary N) is 1. The van der Waals surface area contributed by atoms with Crippen molar-refractivity contribution < 1.29 is 0 Å². The molecular weight excluding hydrogens is 248 g/mol. The molecule has 0 bridgehead atoms. The van der Waals surface area contributed by atoms with Gasteiger partial charge in [-0.3, -0.25) is 4.68 Å². The first-order valence-electron chi connectivity index (χ1n) is 5.57. The van der Waals surface area contributed by atoms with E-state index in [-0.39, 0.29) is 0 Å². The van der Waals surface area contributed by atoms with Crippen LogP contribution in [0.3, 0.4) is 0 Å². The molecule has 2 N–H and O–H groups in total. The Morgan fingerprint density at radius 3 is 2.89 bits per heavy atom. The molecule has 0 atom stereocenters. The number of hydrogen-bond acceptors (Lipinski definition) is 3. The smallest absolute Gasteiger partial charge is 0.139 e. The van der Waals surface area contributed by atoms with E-state index in [1.165, 1.54) is 4.68 Å². The molecule has 18 heavy (non-hydrogen) atoms. The van der Waals surface area contributed by atoms with Crippen LogP contribution in [0.25, 0.3) is 0 Å². The number of hydrogen-bond donors (Lipinski definition) is 1. The zero-order chi connectivity index (χ0) is 13.1. The van der Waals surface area contributed by atoms with Crippen molar-refractivity contribution in [2.75, 3.05) is 5.73 Å². The third kappa shape index (κ3) is 2.47. The lowest BCUT2D eigenvalue weighted by Gasteiger charge is -2.00. The van der Waals surface area contributed by atoms with Crippen molar-refractivity contribution in [3.63, 3.8) is 0 Å². The van der Waals surface area contributed by atoms with Crippen LogP contribution in [0.15, 0.2) is 24.3 Å². The number of aryl methyl sites for hydroxylation is 3. The third-order valence-corrected chi connectivity index (χ3v) is 3.05. The summed E-state index contributed by atoms with van der Waals surface area (Å²) in [6, 6.07) is 9.77. The summed E-state index contributed by atoms with van der Waals surface area (Å²) in [6.07, 6.45) is 1.46. The zero-order valence-electron chi connectivity index (χ0n) is 10.0. The molecule has 0 aliphatic rings. The van der Waals surface area contributed by atoms with Crippen LogP contribution in [-0.2, 0) is 19.9 Å². The first-order valence-corrected chi connectivity index (χ1v) is 5.95. The van der Waals surface area contributed by atoms with E-state index in [1.807, 2.05) is 24.3 Å². The number of anilines is 1. The summed E-state index contributed by atoms with van der Waals surface area (Å²) in [4.78, 5) is 0. The molecule has 0 unspecified atom stereocenters. The lowest BCUT2D eigenvalue weighted by molar-refractivity contribution is 0.745. The topological polar surface area (TPSA) is 67.6 Å². The van der Waals surface area contributed by atoms with Gasteiger partial charge >= 0.3 is 0 Å². The monoisotopic (exact) mass is 260 g/mol. The molecule has 0 aliphatic heterocycles. The van der Waals surface area contributed by atoms with Crippen LogP contribution in [-0.4, -0.2) is 9.78 Å². The average Bonchev–Trinajstić information content (AvgIpc) is 2.62. The maximum atomic E-state index is 9.05. The third-order valence-electron chi connectivity index (χ3n) is 2.82. The van der Waals surface area contributed by atoms with Crippen molar-refractivity contribution in [3.05, 3.63) is 46.1 Å². The number of nitrogen functional groups attached to an aromatic ring is 1. The molecule has 0 radical (unpaired) electrons. The Bertz CT molecular complexity index is 610. The van der Waals surface area contributed by atoms with E-state index >= 15 is 0 Å². The number of halogens is 1. The quantitative estimate of drug-likeness (QED) is 0.921. The summed E-state index contributed by atoms with van der Waals surface area (Å²) in [5.74, 6) is 0.415. The van der Waals surface area contributed by atoms with E-state index < -0.39 is 0 Å². The van der Waals surface area contributed by atoms with Crippen molar-refractivity contribution in [2.24, 2.45) is 7.05 Å². The molecule has 0 amide bonds. The summed E-state index contributed by atoms with van der Waals surface area (Å²) in [6.45, 7) is 0. The van der Waals surface area contributed by atoms with E-state index in [9.17, 15) is 0 Å². The minimum Gasteiger partial charge on any atom is -0.383 e. The largest absolute Gasteiger partial charge is 0.383 e. The number of nitrogens with zero attached hydrogens (tertiary/aromatic N) is 3. The van der Waals surface area contributed by atoms with Crippen molar-refractivity contribution >= 4 is 17.4 Å². The second-order valence-corrected chi connectivity index (χ2v) is 4.51. The molecule has 1 aromatic carbocycles. The zero-order valence-corrected chi connectivity index (χ0v) is 10.8. The van der Waals surface area contributed by atoms with Crippen LogP contribution >= 0.6 is 11.6 Å². The summed E-state index contributed by atoms with van der Waals surface area (Å²) in [5, 5.41) is 14.0. The summed E-state index contributed by atoms with van der Waals surface area (Å²) < 4.78 is 1.53. The van der Waals surface area contributed by atoms with Crippen LogP contribution in [0.1, 0.15) is 16.8 Å². The van der Waals surface area contributed by atoms with E-state index in [2.05, 4.69) is 11.2 Å². The Labute approximate surface area is 111 Å². The van der Waals surface area contributed by atoms with Crippen molar-refractivity contribution in [1.82, 2.24) is 9.78 Å². The van der Waals surface area contributed by atoms with E-state index in [4.69, 9.17) is 22.6 Å². The molecule has 0 spiro atoms. The Balaban J connectivity index is 2.16. The second-order valence-electron chi connectivity index (χ2n) is 4.07. The SMILES string of the molecule is Cn1nc(CCc2cccc(Cl)c2)c(C#N)c1N. The molecule has 2 rings (SSSR count). The molecule has 92 valence electrons. The first kappa shape index (κ1) is 12.5. The molecule has 0 saturated carbocycles. The molecule has 1 aromatic heterocycles. The van der Waals surface area contributed by atoms with Gasteiger partial charge in [0.05, 0.1) is 5.69 Å². The Morgan fingerprint density at radius 1 is 1.44 bits per heavy atom.